The van der Waals surface area contributed by atoms with Gasteiger partial charge in [0.05, 0.1) is 5.54 Å². The Morgan fingerprint density at radius 3 is 2.13 bits per heavy atom. The number of hydrogen-bond acceptors (Lipinski definition) is 1. The molecule has 0 radical (unpaired) electrons. The number of likely N-dealkylation sites (N-methyl/N-ethyl adjacent to an activating group) is 1. The Labute approximate surface area is 144 Å². The lowest BCUT2D eigenvalue weighted by molar-refractivity contribution is 0.124. The van der Waals surface area contributed by atoms with E-state index >= 15 is 0 Å². The van der Waals surface area contributed by atoms with Crippen LogP contribution in [-0.2, 0) is 0 Å². The maximum atomic E-state index is 4.01. The van der Waals surface area contributed by atoms with Crippen LogP contribution in [0.2, 0.25) is 19.6 Å². The molecule has 0 saturated carbocycles. The zero-order valence-electron chi connectivity index (χ0n) is 16.0. The molecule has 0 amide bonds. The van der Waals surface area contributed by atoms with Gasteiger partial charge in [-0.1, -0.05) is 75.8 Å². The van der Waals surface area contributed by atoms with E-state index in [-0.39, 0.29) is 5.54 Å². The second-order valence-electron chi connectivity index (χ2n) is 7.86. The third-order valence-electron chi connectivity index (χ3n) is 4.39. The first-order valence-corrected chi connectivity index (χ1v) is 12.0. The zero-order chi connectivity index (χ0) is 17.7. The Balaban J connectivity index is 3.56. The van der Waals surface area contributed by atoms with Crippen LogP contribution in [0.4, 0.5) is 0 Å². The average molecular weight is 328 g/mol. The van der Waals surface area contributed by atoms with E-state index in [4.69, 9.17) is 0 Å². The van der Waals surface area contributed by atoms with Gasteiger partial charge < -0.3 is 0 Å². The van der Waals surface area contributed by atoms with Gasteiger partial charge in [0.2, 0.25) is 0 Å². The van der Waals surface area contributed by atoms with Crippen molar-refractivity contribution in [2.75, 3.05) is 14.1 Å². The van der Waals surface area contributed by atoms with Gasteiger partial charge in [-0.3, -0.25) is 4.90 Å². The van der Waals surface area contributed by atoms with E-state index in [1.807, 2.05) is 6.08 Å². The normalized spacial score (nSPS) is 15.7. The maximum Gasteiger partial charge on any atom is 0.129 e. The predicted molar refractivity (Wildman–Crippen MR) is 106 cm³/mol. The van der Waals surface area contributed by atoms with Crippen molar-refractivity contribution in [2.45, 2.75) is 51.4 Å². The van der Waals surface area contributed by atoms with Gasteiger partial charge in [0.1, 0.15) is 8.07 Å². The molecule has 2 heteroatoms. The quantitative estimate of drug-likeness (QED) is 0.395. The second-order valence-corrected chi connectivity index (χ2v) is 12.6. The van der Waals surface area contributed by atoms with Crippen molar-refractivity contribution in [3.8, 4) is 11.5 Å². The number of benzene rings is 1. The molecule has 1 rings (SSSR count). The summed E-state index contributed by atoms with van der Waals surface area (Å²) < 4.78 is 0. The van der Waals surface area contributed by atoms with Gasteiger partial charge in [-0.15, -0.1) is 12.1 Å². The molecule has 2 unspecified atom stereocenters. The molecule has 0 saturated heterocycles. The zero-order valence-corrected chi connectivity index (χ0v) is 17.0. The van der Waals surface area contributed by atoms with Crippen LogP contribution in [0.25, 0.3) is 0 Å². The van der Waals surface area contributed by atoms with Gasteiger partial charge in [0.15, 0.2) is 0 Å². The fourth-order valence-corrected chi connectivity index (χ4v) is 3.86. The van der Waals surface area contributed by atoms with E-state index in [9.17, 15) is 0 Å². The molecule has 0 aliphatic heterocycles. The maximum absolute atomic E-state index is 4.01. The van der Waals surface area contributed by atoms with E-state index in [0.717, 1.165) is 6.42 Å². The largest absolute Gasteiger partial charge is 0.293 e. The lowest BCUT2D eigenvalue weighted by Gasteiger charge is -2.45. The smallest absolute Gasteiger partial charge is 0.129 e. The SMILES string of the molecule is C=CCC(c1ccccc1)C(C#C[Si](C)(C)C)(C(C)C)N(C)C. The van der Waals surface area contributed by atoms with Crippen molar-refractivity contribution in [2.24, 2.45) is 5.92 Å². The Morgan fingerprint density at radius 2 is 1.74 bits per heavy atom. The topological polar surface area (TPSA) is 3.24 Å². The van der Waals surface area contributed by atoms with Crippen molar-refractivity contribution in [1.29, 1.82) is 0 Å². The van der Waals surface area contributed by atoms with Crippen LogP contribution in [0.1, 0.15) is 31.7 Å². The molecule has 126 valence electrons. The summed E-state index contributed by atoms with van der Waals surface area (Å²) in [4.78, 5) is 2.33. The van der Waals surface area contributed by atoms with Crippen molar-refractivity contribution < 1.29 is 0 Å². The summed E-state index contributed by atoms with van der Waals surface area (Å²) >= 11 is 0. The molecule has 0 spiro atoms. The fourth-order valence-electron chi connectivity index (χ4n) is 3.28. The third-order valence-corrected chi connectivity index (χ3v) is 5.27. The summed E-state index contributed by atoms with van der Waals surface area (Å²) in [6.45, 7) is 15.5. The van der Waals surface area contributed by atoms with Gasteiger partial charge in [-0.25, -0.2) is 0 Å². The Morgan fingerprint density at radius 1 is 1.17 bits per heavy atom. The van der Waals surface area contributed by atoms with Crippen molar-refractivity contribution in [3.05, 3.63) is 48.6 Å². The van der Waals surface area contributed by atoms with Crippen molar-refractivity contribution >= 4 is 8.07 Å². The number of hydrogen-bond donors (Lipinski definition) is 0. The van der Waals surface area contributed by atoms with Crippen LogP contribution in [0.15, 0.2) is 43.0 Å². The minimum Gasteiger partial charge on any atom is -0.293 e. The third kappa shape index (κ3) is 4.83. The average Bonchev–Trinajstić information content (AvgIpc) is 2.45. The first-order chi connectivity index (χ1) is 10.6. The van der Waals surface area contributed by atoms with Crippen molar-refractivity contribution in [1.82, 2.24) is 4.90 Å². The van der Waals surface area contributed by atoms with Crippen LogP contribution in [0.3, 0.4) is 0 Å². The van der Waals surface area contributed by atoms with Gasteiger partial charge in [0.25, 0.3) is 0 Å². The lowest BCUT2D eigenvalue weighted by Crippen LogP contribution is -2.52. The molecule has 0 N–H and O–H groups in total. The van der Waals surface area contributed by atoms with Gasteiger partial charge in [0, 0.05) is 5.92 Å². The molecule has 0 aromatic heterocycles. The summed E-state index contributed by atoms with van der Waals surface area (Å²) in [7, 11) is 2.89. The summed E-state index contributed by atoms with van der Waals surface area (Å²) in [5, 5.41) is 0. The minimum absolute atomic E-state index is 0.185. The molecule has 0 aliphatic rings. The van der Waals surface area contributed by atoms with E-state index in [2.05, 4.69) is 101 Å². The molecule has 0 aliphatic carbocycles. The highest BCUT2D eigenvalue weighted by molar-refractivity contribution is 6.83. The van der Waals surface area contributed by atoms with Crippen LogP contribution >= 0.6 is 0 Å². The highest BCUT2D eigenvalue weighted by Crippen LogP contribution is 2.40. The first-order valence-electron chi connectivity index (χ1n) is 8.52. The van der Waals surface area contributed by atoms with Gasteiger partial charge in [-0.05, 0) is 32.0 Å². The molecule has 1 nitrogen and oxygen atoms in total. The number of allylic oxidation sites excluding steroid dienone is 1. The van der Waals surface area contributed by atoms with Crippen LogP contribution in [0.5, 0.6) is 0 Å². The predicted octanol–water partition coefficient (Wildman–Crippen LogP) is 5.18. The Bertz CT molecular complexity index is 547. The van der Waals surface area contributed by atoms with Crippen molar-refractivity contribution in [3.63, 3.8) is 0 Å². The van der Waals surface area contributed by atoms with Crippen LogP contribution < -0.4 is 0 Å². The van der Waals surface area contributed by atoms with Crippen LogP contribution in [-0.4, -0.2) is 32.6 Å². The molecule has 0 fully saturated rings. The second kappa shape index (κ2) is 7.99. The molecule has 2 atom stereocenters. The monoisotopic (exact) mass is 327 g/mol. The molecule has 1 aromatic carbocycles. The highest BCUT2D eigenvalue weighted by Gasteiger charge is 2.42. The van der Waals surface area contributed by atoms with Crippen LogP contribution in [0, 0.1) is 17.4 Å². The molecular formula is C21H33NSi. The van der Waals surface area contributed by atoms with Gasteiger partial charge in [-0.2, -0.15) is 0 Å². The molecular weight excluding hydrogens is 294 g/mol. The summed E-state index contributed by atoms with van der Waals surface area (Å²) in [5.41, 5.74) is 4.81. The van der Waals surface area contributed by atoms with E-state index < -0.39 is 8.07 Å². The standard InChI is InChI=1S/C21H33NSi/c1-9-13-20(19-14-11-10-12-15-19)21(18(2)3,22(4)5)16-17-23(6,7)8/h9-12,14-15,18,20H,1,13H2,2-8H3. The van der Waals surface area contributed by atoms with E-state index in [0.29, 0.717) is 11.8 Å². The molecule has 0 heterocycles. The Kier molecular flexibility index (Phi) is 6.86. The summed E-state index contributed by atoms with van der Waals surface area (Å²) in [6.07, 6.45) is 2.97. The summed E-state index contributed by atoms with van der Waals surface area (Å²) in [5.74, 6) is 4.49. The first kappa shape index (κ1) is 19.7. The fraction of sp³-hybridized carbons (Fsp3) is 0.524. The molecule has 0 bridgehead atoms. The number of nitrogens with zero attached hydrogens (tertiary/aromatic N) is 1. The summed E-state index contributed by atoms with van der Waals surface area (Å²) in [6, 6.07) is 10.8. The lowest BCUT2D eigenvalue weighted by atomic mass is 9.70. The molecule has 23 heavy (non-hydrogen) atoms. The highest BCUT2D eigenvalue weighted by atomic mass is 28.3. The Hall–Kier alpha value is -1.30. The van der Waals surface area contributed by atoms with E-state index in [1.165, 1.54) is 5.56 Å². The number of rotatable bonds is 6. The van der Waals surface area contributed by atoms with E-state index in [1.54, 1.807) is 0 Å². The minimum atomic E-state index is -1.44. The molecule has 1 aromatic rings. The van der Waals surface area contributed by atoms with Gasteiger partial charge >= 0.3 is 0 Å².